The van der Waals surface area contributed by atoms with Gasteiger partial charge < -0.3 is 10.2 Å². The number of aromatic nitrogens is 2. The van der Waals surface area contributed by atoms with Crippen LogP contribution in [0.4, 0.5) is 5.95 Å². The van der Waals surface area contributed by atoms with Gasteiger partial charge in [0.2, 0.25) is 5.95 Å². The smallest absolute Gasteiger partial charge is 0.270 e. The Morgan fingerprint density at radius 3 is 2.92 bits per heavy atom. The lowest BCUT2D eigenvalue weighted by atomic mass is 9.97. The number of anilines is 1. The number of nitrogens with zero attached hydrogens (tertiary/aromatic N) is 3. The van der Waals surface area contributed by atoms with Crippen molar-refractivity contribution in [1.82, 2.24) is 15.3 Å². The normalized spacial score (nSPS) is 19.0. The molecule has 0 unspecified atom stereocenters. The Balaban J connectivity index is 1.53. The molecule has 1 aromatic heterocycles. The first-order valence-electron chi connectivity index (χ1n) is 9.26. The van der Waals surface area contributed by atoms with Crippen LogP contribution in [-0.2, 0) is 0 Å². The fraction of sp³-hybridized carbons (Fsp3) is 0.632. The molecule has 0 bridgehead atoms. The molecule has 0 radical (unpaired) electrons. The highest BCUT2D eigenvalue weighted by atomic mass is 16.1. The van der Waals surface area contributed by atoms with Gasteiger partial charge in [0.25, 0.3) is 5.91 Å². The van der Waals surface area contributed by atoms with Crippen molar-refractivity contribution in [3.05, 3.63) is 29.6 Å². The Kier molecular flexibility index (Phi) is 5.83. The molecule has 1 aromatic rings. The van der Waals surface area contributed by atoms with Crippen molar-refractivity contribution in [2.75, 3.05) is 24.5 Å². The van der Waals surface area contributed by atoms with Crippen LogP contribution in [0.1, 0.15) is 62.4 Å². The first-order chi connectivity index (χ1) is 11.7. The minimum absolute atomic E-state index is 0.0968. The van der Waals surface area contributed by atoms with Crippen molar-refractivity contribution in [3.63, 3.8) is 0 Å². The molecule has 5 nitrogen and oxygen atoms in total. The van der Waals surface area contributed by atoms with Crippen molar-refractivity contribution in [2.45, 2.75) is 51.9 Å². The van der Waals surface area contributed by atoms with Gasteiger partial charge in [-0.3, -0.25) is 4.79 Å². The van der Waals surface area contributed by atoms with E-state index in [9.17, 15) is 4.79 Å². The molecule has 130 valence electrons. The van der Waals surface area contributed by atoms with E-state index in [0.717, 1.165) is 38.3 Å². The second-order valence-corrected chi connectivity index (χ2v) is 7.03. The van der Waals surface area contributed by atoms with Gasteiger partial charge in [-0.1, -0.05) is 18.6 Å². The van der Waals surface area contributed by atoms with E-state index in [1.54, 1.807) is 12.3 Å². The highest BCUT2D eigenvalue weighted by molar-refractivity contribution is 5.92. The molecule has 1 aliphatic carbocycles. The van der Waals surface area contributed by atoms with Crippen LogP contribution in [0, 0.1) is 5.92 Å². The summed E-state index contributed by atoms with van der Waals surface area (Å²) >= 11 is 0. The van der Waals surface area contributed by atoms with E-state index in [1.807, 2.05) is 0 Å². The monoisotopic (exact) mass is 328 g/mol. The number of carbonyl (C=O) groups excluding carboxylic acids is 1. The number of amides is 1. The summed E-state index contributed by atoms with van der Waals surface area (Å²) in [6, 6.07) is 1.70. The second kappa shape index (κ2) is 8.27. The van der Waals surface area contributed by atoms with Crippen LogP contribution in [0.2, 0.25) is 0 Å². The van der Waals surface area contributed by atoms with Crippen LogP contribution >= 0.6 is 0 Å². The Morgan fingerprint density at radius 1 is 1.33 bits per heavy atom. The molecule has 1 amide bonds. The summed E-state index contributed by atoms with van der Waals surface area (Å²) in [5.74, 6) is 1.35. The fourth-order valence-electron chi connectivity index (χ4n) is 3.39. The molecule has 0 aromatic carbocycles. The molecule has 2 aliphatic rings. The largest absolute Gasteiger partial charge is 0.350 e. The number of hydrogen-bond donors (Lipinski definition) is 1. The van der Waals surface area contributed by atoms with E-state index in [0.29, 0.717) is 18.2 Å². The first-order valence-corrected chi connectivity index (χ1v) is 9.26. The number of carbonyl (C=O) groups is 1. The van der Waals surface area contributed by atoms with Gasteiger partial charge in [0.1, 0.15) is 5.69 Å². The van der Waals surface area contributed by atoms with Gasteiger partial charge in [0.05, 0.1) is 0 Å². The third-order valence-corrected chi connectivity index (χ3v) is 5.06. The summed E-state index contributed by atoms with van der Waals surface area (Å²) in [5, 5.41) is 2.99. The third-order valence-electron chi connectivity index (χ3n) is 5.06. The molecular formula is C19H28N4O. The maximum atomic E-state index is 12.3. The number of hydrogen-bond acceptors (Lipinski definition) is 4. The summed E-state index contributed by atoms with van der Waals surface area (Å²) in [4.78, 5) is 23.3. The zero-order valence-electron chi connectivity index (χ0n) is 14.6. The van der Waals surface area contributed by atoms with Crippen LogP contribution in [-0.4, -0.2) is 35.5 Å². The molecular weight excluding hydrogens is 300 g/mol. The molecule has 0 spiro atoms. The Labute approximate surface area is 144 Å². The Bertz CT molecular complexity index is 591. The minimum atomic E-state index is -0.0968. The molecule has 0 atom stereocenters. The molecule has 2 heterocycles. The predicted octanol–water partition coefficient (Wildman–Crippen LogP) is 3.33. The zero-order chi connectivity index (χ0) is 16.8. The summed E-state index contributed by atoms with van der Waals surface area (Å²) in [6.45, 7) is 4.91. The molecule has 1 N–H and O–H groups in total. The lowest BCUT2D eigenvalue weighted by molar-refractivity contribution is 0.0949. The number of piperidine rings is 1. The standard InChI is InChI=1S/C19H28N4O/c1-15-9-13-23(14-10-15)19-21-12-8-17(22-19)18(24)20-11-7-16-5-3-2-4-6-16/h5,8,12,15H,2-4,6-7,9-11,13-14H2,1H3,(H,20,24). The molecule has 5 heteroatoms. The summed E-state index contributed by atoms with van der Waals surface area (Å²) in [6.07, 6.45) is 12.2. The highest BCUT2D eigenvalue weighted by Gasteiger charge is 2.19. The second-order valence-electron chi connectivity index (χ2n) is 7.03. The average molecular weight is 328 g/mol. The van der Waals surface area contributed by atoms with Crippen LogP contribution in [0.15, 0.2) is 23.9 Å². The minimum Gasteiger partial charge on any atom is -0.350 e. The quantitative estimate of drug-likeness (QED) is 0.842. The molecule has 3 rings (SSSR count). The summed E-state index contributed by atoms with van der Waals surface area (Å²) < 4.78 is 0. The van der Waals surface area contributed by atoms with Crippen LogP contribution in [0.25, 0.3) is 0 Å². The van der Waals surface area contributed by atoms with Crippen molar-refractivity contribution in [2.24, 2.45) is 5.92 Å². The van der Waals surface area contributed by atoms with E-state index < -0.39 is 0 Å². The van der Waals surface area contributed by atoms with Crippen LogP contribution < -0.4 is 10.2 Å². The maximum Gasteiger partial charge on any atom is 0.270 e. The van der Waals surface area contributed by atoms with E-state index >= 15 is 0 Å². The maximum absolute atomic E-state index is 12.3. The summed E-state index contributed by atoms with van der Waals surface area (Å²) in [7, 11) is 0. The van der Waals surface area contributed by atoms with Crippen LogP contribution in [0.3, 0.4) is 0 Å². The van der Waals surface area contributed by atoms with E-state index in [2.05, 4.69) is 33.2 Å². The average Bonchev–Trinajstić information content (AvgIpc) is 2.63. The predicted molar refractivity (Wildman–Crippen MR) is 96.1 cm³/mol. The Morgan fingerprint density at radius 2 is 2.17 bits per heavy atom. The lowest BCUT2D eigenvalue weighted by Gasteiger charge is -2.30. The van der Waals surface area contributed by atoms with Gasteiger partial charge in [-0.2, -0.15) is 0 Å². The molecule has 1 aliphatic heterocycles. The van der Waals surface area contributed by atoms with Gasteiger partial charge in [0, 0.05) is 25.8 Å². The van der Waals surface area contributed by atoms with Crippen molar-refractivity contribution in [3.8, 4) is 0 Å². The SMILES string of the molecule is CC1CCN(c2nccc(C(=O)NCCC3=CCCCC3)n2)CC1. The number of rotatable bonds is 5. The molecule has 0 saturated carbocycles. The van der Waals surface area contributed by atoms with E-state index in [1.165, 1.54) is 31.3 Å². The highest BCUT2D eigenvalue weighted by Crippen LogP contribution is 2.20. The van der Waals surface area contributed by atoms with E-state index in [4.69, 9.17) is 0 Å². The zero-order valence-corrected chi connectivity index (χ0v) is 14.6. The lowest BCUT2D eigenvalue weighted by Crippen LogP contribution is -2.34. The van der Waals surface area contributed by atoms with Crippen molar-refractivity contribution < 1.29 is 4.79 Å². The topological polar surface area (TPSA) is 58.1 Å². The van der Waals surface area contributed by atoms with Gasteiger partial charge in [-0.05, 0) is 56.9 Å². The van der Waals surface area contributed by atoms with Gasteiger partial charge in [-0.15, -0.1) is 0 Å². The summed E-state index contributed by atoms with van der Waals surface area (Å²) in [5.41, 5.74) is 1.95. The molecule has 1 fully saturated rings. The molecule has 24 heavy (non-hydrogen) atoms. The van der Waals surface area contributed by atoms with E-state index in [-0.39, 0.29) is 5.91 Å². The van der Waals surface area contributed by atoms with Gasteiger partial charge in [-0.25, -0.2) is 9.97 Å². The fourth-order valence-corrected chi connectivity index (χ4v) is 3.39. The van der Waals surface area contributed by atoms with Gasteiger partial charge >= 0.3 is 0 Å². The first kappa shape index (κ1) is 16.9. The van der Waals surface area contributed by atoms with Gasteiger partial charge in [0.15, 0.2) is 0 Å². The van der Waals surface area contributed by atoms with Crippen molar-refractivity contribution in [1.29, 1.82) is 0 Å². The van der Waals surface area contributed by atoms with Crippen LogP contribution in [0.5, 0.6) is 0 Å². The third kappa shape index (κ3) is 4.56. The number of allylic oxidation sites excluding steroid dienone is 1. The van der Waals surface area contributed by atoms with Crippen molar-refractivity contribution >= 4 is 11.9 Å². The molecule has 1 saturated heterocycles. The number of nitrogens with one attached hydrogen (secondary N) is 1. The Hall–Kier alpha value is -1.91.